The molecule has 0 atom stereocenters. The highest BCUT2D eigenvalue weighted by Gasteiger charge is 2.30. The second kappa shape index (κ2) is 9.41. The zero-order valence-electron chi connectivity index (χ0n) is 11.6. The molecule has 0 saturated heterocycles. The van der Waals surface area contributed by atoms with E-state index in [4.69, 9.17) is 24.2 Å². The van der Waals surface area contributed by atoms with E-state index in [1.807, 2.05) is 0 Å². The van der Waals surface area contributed by atoms with E-state index in [1.54, 1.807) is 27.7 Å². The molecule has 0 unspecified atom stereocenters. The molecule has 0 bridgehead atoms. The number of carbonyl (C=O) groups is 1. The summed E-state index contributed by atoms with van der Waals surface area (Å²) in [6.07, 6.45) is -1.01. The Balaban J connectivity index is 4.38. The number of rotatable bonds is 10. The minimum Gasteiger partial charge on any atom is -0.377 e. The zero-order valence-corrected chi connectivity index (χ0v) is 12.5. The molecule has 0 rings (SSSR count). The molecule has 9 heteroatoms. The molecule has 0 heterocycles. The Hall–Kier alpha value is -0.500. The number of amides is 1. The fourth-order valence-corrected chi connectivity index (χ4v) is 2.06. The van der Waals surface area contributed by atoms with Crippen molar-refractivity contribution in [1.29, 1.82) is 0 Å². The minimum absolute atomic E-state index is 0.152. The van der Waals surface area contributed by atoms with E-state index in [0.717, 1.165) is 0 Å². The van der Waals surface area contributed by atoms with Crippen molar-refractivity contribution in [1.82, 2.24) is 5.32 Å². The molecular formula is C10H22NO7P. The van der Waals surface area contributed by atoms with Crippen LogP contribution in [0.3, 0.4) is 0 Å². The van der Waals surface area contributed by atoms with Crippen LogP contribution >= 0.6 is 7.60 Å². The molecule has 1 amide bonds. The monoisotopic (exact) mass is 299 g/mol. The fourth-order valence-electron chi connectivity index (χ4n) is 0.805. The normalized spacial score (nSPS) is 12.2. The molecule has 0 saturated carbocycles. The second-order valence-electron chi connectivity index (χ2n) is 4.28. The van der Waals surface area contributed by atoms with Gasteiger partial charge in [-0.3, -0.25) is 9.36 Å². The second-order valence-corrected chi connectivity index (χ2v) is 6.25. The van der Waals surface area contributed by atoms with Crippen molar-refractivity contribution < 1.29 is 33.6 Å². The fraction of sp³-hybridized carbons (Fsp3) is 0.900. The standard InChI is InChI=1S/C10H22NO7P/c1-8(2)15-17-19(14,18-16-9(3)4)6-5-10(13)11-7-12/h8-9,12H,5-7H2,1-4H3,(H,11,13). The topological polar surface area (TPSA) is 103 Å². The maximum Gasteiger partial charge on any atom is 0.384 e. The van der Waals surface area contributed by atoms with Crippen molar-refractivity contribution in [2.75, 3.05) is 12.9 Å². The van der Waals surface area contributed by atoms with Gasteiger partial charge in [-0.05, 0) is 27.7 Å². The molecule has 0 aliphatic carbocycles. The van der Waals surface area contributed by atoms with E-state index in [2.05, 4.69) is 5.32 Å². The van der Waals surface area contributed by atoms with Gasteiger partial charge in [0, 0.05) is 6.42 Å². The van der Waals surface area contributed by atoms with Crippen LogP contribution in [0.5, 0.6) is 0 Å². The molecule has 0 spiro atoms. The van der Waals surface area contributed by atoms with Gasteiger partial charge in [-0.15, -0.1) is 9.35 Å². The maximum atomic E-state index is 12.2. The highest BCUT2D eigenvalue weighted by Crippen LogP contribution is 2.49. The zero-order chi connectivity index (χ0) is 14.9. The van der Waals surface area contributed by atoms with E-state index >= 15 is 0 Å². The molecule has 114 valence electrons. The van der Waals surface area contributed by atoms with E-state index in [-0.39, 0.29) is 24.8 Å². The lowest BCUT2D eigenvalue weighted by Gasteiger charge is -2.18. The molecule has 0 aromatic heterocycles. The Kier molecular flexibility index (Phi) is 9.16. The first-order chi connectivity index (χ1) is 8.79. The Morgan fingerprint density at radius 3 is 2.00 bits per heavy atom. The third kappa shape index (κ3) is 10.0. The van der Waals surface area contributed by atoms with E-state index in [0.29, 0.717) is 0 Å². The quantitative estimate of drug-likeness (QED) is 0.271. The van der Waals surface area contributed by atoms with Crippen molar-refractivity contribution in [2.45, 2.75) is 46.3 Å². The number of aliphatic hydroxyl groups excluding tert-OH is 1. The van der Waals surface area contributed by atoms with Crippen molar-refractivity contribution in [3.05, 3.63) is 0 Å². The molecule has 0 fully saturated rings. The van der Waals surface area contributed by atoms with E-state index in [1.165, 1.54) is 0 Å². The van der Waals surface area contributed by atoms with Gasteiger partial charge in [-0.2, -0.15) is 0 Å². The highest BCUT2D eigenvalue weighted by atomic mass is 31.2. The van der Waals surface area contributed by atoms with Gasteiger partial charge in [0.1, 0.15) is 6.73 Å². The van der Waals surface area contributed by atoms with Gasteiger partial charge < -0.3 is 10.4 Å². The van der Waals surface area contributed by atoms with Crippen molar-refractivity contribution >= 4 is 13.5 Å². The van der Waals surface area contributed by atoms with E-state index < -0.39 is 20.2 Å². The van der Waals surface area contributed by atoms with Gasteiger partial charge in [0.25, 0.3) is 0 Å². The maximum absolute atomic E-state index is 12.2. The van der Waals surface area contributed by atoms with Gasteiger partial charge in [0.15, 0.2) is 0 Å². The molecule has 19 heavy (non-hydrogen) atoms. The predicted octanol–water partition coefficient (Wildman–Crippen LogP) is 1.35. The van der Waals surface area contributed by atoms with Crippen molar-refractivity contribution in [3.8, 4) is 0 Å². The molecule has 0 aliphatic rings. The van der Waals surface area contributed by atoms with Crippen LogP contribution in [0.25, 0.3) is 0 Å². The summed E-state index contributed by atoms with van der Waals surface area (Å²) in [4.78, 5) is 20.7. The van der Waals surface area contributed by atoms with Crippen molar-refractivity contribution in [3.63, 3.8) is 0 Å². The summed E-state index contributed by atoms with van der Waals surface area (Å²) in [6, 6.07) is 0. The molecule has 2 N–H and O–H groups in total. The number of hydrogen-bond donors (Lipinski definition) is 2. The molecular weight excluding hydrogens is 277 g/mol. The summed E-state index contributed by atoms with van der Waals surface area (Å²) >= 11 is 0. The number of hydrogen-bond acceptors (Lipinski definition) is 7. The summed E-state index contributed by atoms with van der Waals surface area (Å²) < 4.78 is 21.7. The van der Waals surface area contributed by atoms with Crippen LogP contribution in [-0.4, -0.2) is 36.1 Å². The van der Waals surface area contributed by atoms with E-state index in [9.17, 15) is 9.36 Å². The van der Waals surface area contributed by atoms with Gasteiger partial charge >= 0.3 is 7.60 Å². The summed E-state index contributed by atoms with van der Waals surface area (Å²) in [7, 11) is -3.69. The Bertz CT molecular complexity index is 292. The first kappa shape index (κ1) is 18.5. The van der Waals surface area contributed by atoms with Crippen LogP contribution in [0.4, 0.5) is 0 Å². The third-order valence-corrected chi connectivity index (χ3v) is 2.98. The first-order valence-corrected chi connectivity index (χ1v) is 7.68. The van der Waals surface area contributed by atoms with Crippen LogP contribution in [0.1, 0.15) is 34.1 Å². The predicted molar refractivity (Wildman–Crippen MR) is 66.9 cm³/mol. The number of nitrogens with one attached hydrogen (secondary N) is 1. The average molecular weight is 299 g/mol. The Morgan fingerprint density at radius 1 is 1.16 bits per heavy atom. The van der Waals surface area contributed by atoms with Gasteiger partial charge in [-0.25, -0.2) is 9.78 Å². The largest absolute Gasteiger partial charge is 0.384 e. The summed E-state index contributed by atoms with van der Waals surface area (Å²) in [6.45, 7) is 6.26. The molecule has 0 aliphatic heterocycles. The lowest BCUT2D eigenvalue weighted by molar-refractivity contribution is -0.291. The lowest BCUT2D eigenvalue weighted by atomic mass is 10.5. The van der Waals surface area contributed by atoms with Crippen LogP contribution in [0.2, 0.25) is 0 Å². The van der Waals surface area contributed by atoms with Crippen LogP contribution in [0, 0.1) is 0 Å². The number of carbonyl (C=O) groups excluding carboxylic acids is 1. The molecule has 0 aromatic carbocycles. The average Bonchev–Trinajstić information content (AvgIpc) is 2.32. The third-order valence-electron chi connectivity index (χ3n) is 1.59. The summed E-state index contributed by atoms with van der Waals surface area (Å²) in [5, 5.41) is 10.7. The lowest BCUT2D eigenvalue weighted by Crippen LogP contribution is -2.25. The smallest absolute Gasteiger partial charge is 0.377 e. The van der Waals surface area contributed by atoms with Gasteiger partial charge in [-0.1, -0.05) is 0 Å². The summed E-state index contributed by atoms with van der Waals surface area (Å²) in [5.41, 5.74) is 0. The molecule has 8 nitrogen and oxygen atoms in total. The van der Waals surface area contributed by atoms with Crippen LogP contribution in [-0.2, 0) is 28.5 Å². The van der Waals surface area contributed by atoms with Crippen molar-refractivity contribution in [2.24, 2.45) is 0 Å². The van der Waals surface area contributed by atoms with Gasteiger partial charge in [0.2, 0.25) is 5.91 Å². The molecule has 0 radical (unpaired) electrons. The molecule has 0 aromatic rings. The SMILES string of the molecule is CC(C)OOP(=O)(CCC(=O)NCO)OOC(C)C. The minimum atomic E-state index is -3.69. The van der Waals surface area contributed by atoms with Gasteiger partial charge in [0.05, 0.1) is 18.4 Å². The first-order valence-electron chi connectivity index (χ1n) is 5.96. The Labute approximate surface area is 112 Å². The summed E-state index contributed by atoms with van der Waals surface area (Å²) in [5.74, 6) is -0.482. The number of aliphatic hydroxyl groups is 1. The van der Waals surface area contributed by atoms with Crippen LogP contribution < -0.4 is 5.32 Å². The van der Waals surface area contributed by atoms with Crippen LogP contribution in [0.15, 0.2) is 0 Å². The Morgan fingerprint density at radius 2 is 1.63 bits per heavy atom. The highest BCUT2D eigenvalue weighted by molar-refractivity contribution is 7.53.